The lowest BCUT2D eigenvalue weighted by atomic mass is 9.96. The van der Waals surface area contributed by atoms with Crippen LogP contribution in [0.2, 0.25) is 0 Å². The maximum absolute atomic E-state index is 12.9. The molecule has 0 bridgehead atoms. The zero-order chi connectivity index (χ0) is 20.6. The van der Waals surface area contributed by atoms with Crippen molar-refractivity contribution in [3.8, 4) is 0 Å². The molecule has 1 aliphatic heterocycles. The van der Waals surface area contributed by atoms with Crippen molar-refractivity contribution in [2.75, 3.05) is 11.9 Å². The third kappa shape index (κ3) is 4.07. The monoisotopic (exact) mass is 419 g/mol. The quantitative estimate of drug-likeness (QED) is 0.488. The van der Waals surface area contributed by atoms with Crippen molar-refractivity contribution >= 4 is 34.4 Å². The van der Waals surface area contributed by atoms with E-state index in [0.29, 0.717) is 12.2 Å². The van der Waals surface area contributed by atoms with Crippen molar-refractivity contribution in [1.29, 1.82) is 0 Å². The molecule has 1 aromatic heterocycles. The number of fused-ring (bicyclic) bond motifs is 3. The molecule has 1 aliphatic rings. The minimum atomic E-state index is -4.37. The summed E-state index contributed by atoms with van der Waals surface area (Å²) in [6.45, 7) is 2.57. The van der Waals surface area contributed by atoms with Crippen LogP contribution < -0.4 is 5.32 Å². The van der Waals surface area contributed by atoms with Gasteiger partial charge in [0.2, 0.25) is 0 Å². The Hall–Kier alpha value is -2.61. The Morgan fingerprint density at radius 2 is 2.03 bits per heavy atom. The fraction of sp³-hybridized carbons (Fsp3) is 0.286. The van der Waals surface area contributed by atoms with E-state index in [1.165, 1.54) is 29.1 Å². The molecule has 2 amide bonds. The number of urea groups is 1. The summed E-state index contributed by atoms with van der Waals surface area (Å²) in [7, 11) is 0. The SMILES string of the molecule is CCC1c2[nH]c3ccccc3c2CCN1C(=O)Nc1cccc(SC(F)(F)F)c1. The van der Waals surface area contributed by atoms with Crippen molar-refractivity contribution < 1.29 is 18.0 Å². The Morgan fingerprint density at radius 3 is 2.79 bits per heavy atom. The third-order valence-electron chi connectivity index (χ3n) is 5.13. The predicted molar refractivity (Wildman–Crippen MR) is 109 cm³/mol. The number of H-pyrrole nitrogens is 1. The van der Waals surface area contributed by atoms with Crippen molar-refractivity contribution in [3.05, 3.63) is 59.8 Å². The van der Waals surface area contributed by atoms with Gasteiger partial charge in [0.25, 0.3) is 0 Å². The number of para-hydroxylation sites is 1. The van der Waals surface area contributed by atoms with E-state index in [4.69, 9.17) is 0 Å². The first-order valence-electron chi connectivity index (χ1n) is 9.38. The molecular formula is C21H20F3N3OS. The molecular weight excluding hydrogens is 399 g/mol. The third-order valence-corrected chi connectivity index (χ3v) is 5.85. The summed E-state index contributed by atoms with van der Waals surface area (Å²) in [5, 5.41) is 3.94. The number of alkyl halides is 3. The minimum absolute atomic E-state index is 0.0406. The number of amides is 2. The molecule has 0 spiro atoms. The highest BCUT2D eigenvalue weighted by Gasteiger charge is 2.32. The second-order valence-corrected chi connectivity index (χ2v) is 8.07. The topological polar surface area (TPSA) is 48.1 Å². The zero-order valence-corrected chi connectivity index (χ0v) is 16.5. The molecule has 0 radical (unpaired) electrons. The largest absolute Gasteiger partial charge is 0.446 e. The molecule has 4 rings (SSSR count). The van der Waals surface area contributed by atoms with E-state index < -0.39 is 5.51 Å². The van der Waals surface area contributed by atoms with Crippen LogP contribution in [0.15, 0.2) is 53.4 Å². The fourth-order valence-corrected chi connectivity index (χ4v) is 4.55. The van der Waals surface area contributed by atoms with Gasteiger partial charge in [0, 0.05) is 33.7 Å². The smallest absolute Gasteiger partial charge is 0.356 e. The molecule has 1 atom stereocenters. The van der Waals surface area contributed by atoms with Crippen LogP contribution in [0.25, 0.3) is 10.9 Å². The van der Waals surface area contributed by atoms with E-state index in [1.807, 2.05) is 25.1 Å². The summed E-state index contributed by atoms with van der Waals surface area (Å²) >= 11 is -0.194. The highest BCUT2D eigenvalue weighted by atomic mass is 32.2. The second kappa shape index (κ2) is 7.67. The molecule has 2 heterocycles. The van der Waals surface area contributed by atoms with Crippen molar-refractivity contribution in [2.45, 2.75) is 36.2 Å². The van der Waals surface area contributed by atoms with Gasteiger partial charge >= 0.3 is 11.5 Å². The number of nitrogens with zero attached hydrogens (tertiary/aromatic N) is 1. The number of carbonyl (C=O) groups is 1. The summed E-state index contributed by atoms with van der Waals surface area (Å²) < 4.78 is 37.8. The van der Waals surface area contributed by atoms with Crippen LogP contribution in [0.5, 0.6) is 0 Å². The minimum Gasteiger partial charge on any atom is -0.356 e. The number of carbonyl (C=O) groups excluding carboxylic acids is 1. The van der Waals surface area contributed by atoms with Crippen molar-refractivity contribution in [3.63, 3.8) is 0 Å². The summed E-state index contributed by atoms with van der Waals surface area (Å²) in [4.78, 5) is 18.2. The van der Waals surface area contributed by atoms with Crippen LogP contribution in [-0.4, -0.2) is 28.0 Å². The molecule has 2 aromatic carbocycles. The van der Waals surface area contributed by atoms with Crippen LogP contribution >= 0.6 is 11.8 Å². The van der Waals surface area contributed by atoms with Crippen LogP contribution in [0, 0.1) is 0 Å². The maximum atomic E-state index is 12.9. The highest BCUT2D eigenvalue weighted by Crippen LogP contribution is 2.38. The molecule has 29 heavy (non-hydrogen) atoms. The molecule has 152 valence electrons. The van der Waals surface area contributed by atoms with Gasteiger partial charge in [-0.15, -0.1) is 0 Å². The van der Waals surface area contributed by atoms with Crippen molar-refractivity contribution in [2.24, 2.45) is 0 Å². The van der Waals surface area contributed by atoms with Gasteiger partial charge in [-0.05, 0) is 54.4 Å². The number of hydrogen-bond acceptors (Lipinski definition) is 2. The number of halogens is 3. The van der Waals surface area contributed by atoms with E-state index in [1.54, 1.807) is 11.0 Å². The average molecular weight is 419 g/mol. The summed E-state index contributed by atoms with van der Waals surface area (Å²) in [6.07, 6.45) is 1.46. The molecule has 3 aromatic rings. The molecule has 0 fully saturated rings. The van der Waals surface area contributed by atoms with Crippen LogP contribution in [-0.2, 0) is 6.42 Å². The zero-order valence-electron chi connectivity index (χ0n) is 15.7. The maximum Gasteiger partial charge on any atom is 0.446 e. The normalized spacial score (nSPS) is 16.7. The number of anilines is 1. The average Bonchev–Trinajstić information content (AvgIpc) is 3.04. The van der Waals surface area contributed by atoms with Gasteiger partial charge in [-0.3, -0.25) is 0 Å². The van der Waals surface area contributed by atoms with Crippen LogP contribution in [0.3, 0.4) is 0 Å². The molecule has 2 N–H and O–H groups in total. The second-order valence-electron chi connectivity index (χ2n) is 6.94. The summed E-state index contributed by atoms with van der Waals surface area (Å²) in [6, 6.07) is 13.5. The van der Waals surface area contributed by atoms with Gasteiger partial charge in [0.15, 0.2) is 0 Å². The molecule has 0 saturated carbocycles. The molecule has 0 aliphatic carbocycles. The number of aromatic amines is 1. The Balaban J connectivity index is 1.55. The molecule has 4 nitrogen and oxygen atoms in total. The number of nitrogens with one attached hydrogen (secondary N) is 2. The van der Waals surface area contributed by atoms with E-state index in [-0.39, 0.29) is 28.7 Å². The standard InChI is InChI=1S/C21H20F3N3OS/c1-2-18-19-16(15-8-3-4-9-17(15)26-19)10-11-27(18)20(28)25-13-6-5-7-14(12-13)29-21(22,23)24/h3-9,12,18,26H,2,10-11H2,1H3,(H,25,28). The number of benzene rings is 2. The molecule has 0 saturated heterocycles. The first kappa shape index (κ1) is 19.7. The first-order chi connectivity index (χ1) is 13.9. The van der Waals surface area contributed by atoms with Gasteiger partial charge in [0.1, 0.15) is 0 Å². The van der Waals surface area contributed by atoms with Gasteiger partial charge < -0.3 is 15.2 Å². The van der Waals surface area contributed by atoms with Crippen molar-refractivity contribution in [1.82, 2.24) is 9.88 Å². The van der Waals surface area contributed by atoms with Gasteiger partial charge in [-0.2, -0.15) is 13.2 Å². The van der Waals surface area contributed by atoms with E-state index in [9.17, 15) is 18.0 Å². The van der Waals surface area contributed by atoms with E-state index in [2.05, 4.69) is 16.4 Å². The lowest BCUT2D eigenvalue weighted by molar-refractivity contribution is -0.0328. The van der Waals surface area contributed by atoms with Gasteiger partial charge in [0.05, 0.1) is 6.04 Å². The van der Waals surface area contributed by atoms with Gasteiger partial charge in [-0.1, -0.05) is 31.2 Å². The lowest BCUT2D eigenvalue weighted by Crippen LogP contribution is -2.42. The number of hydrogen-bond donors (Lipinski definition) is 2. The Kier molecular flexibility index (Phi) is 5.21. The molecule has 1 unspecified atom stereocenters. The van der Waals surface area contributed by atoms with Gasteiger partial charge in [-0.25, -0.2) is 4.79 Å². The first-order valence-corrected chi connectivity index (χ1v) is 10.2. The van der Waals surface area contributed by atoms with Crippen LogP contribution in [0.4, 0.5) is 23.7 Å². The fourth-order valence-electron chi connectivity index (χ4n) is 3.95. The molecule has 8 heteroatoms. The number of aromatic nitrogens is 1. The number of thioether (sulfide) groups is 1. The van der Waals surface area contributed by atoms with E-state index >= 15 is 0 Å². The Labute approximate surface area is 170 Å². The summed E-state index contributed by atoms with van der Waals surface area (Å²) in [5.41, 5.74) is -0.692. The number of rotatable bonds is 3. The van der Waals surface area contributed by atoms with Crippen LogP contribution in [0.1, 0.15) is 30.6 Å². The lowest BCUT2D eigenvalue weighted by Gasteiger charge is -2.35. The predicted octanol–water partition coefficient (Wildman–Crippen LogP) is 6.32. The Bertz CT molecular complexity index is 1050. The van der Waals surface area contributed by atoms with E-state index in [0.717, 1.165) is 24.1 Å². The highest BCUT2D eigenvalue weighted by molar-refractivity contribution is 8.00. The Morgan fingerprint density at radius 1 is 1.24 bits per heavy atom. The summed E-state index contributed by atoms with van der Waals surface area (Å²) in [5.74, 6) is 0.